The maximum Gasteiger partial charge on any atom is 0.320 e. The molecule has 1 aliphatic rings. The normalized spacial score (nSPS) is 20.7. The minimum absolute atomic E-state index is 0.398. The summed E-state index contributed by atoms with van der Waals surface area (Å²) < 4.78 is 1.87. The molecule has 1 fully saturated rings. The van der Waals surface area contributed by atoms with Crippen molar-refractivity contribution in [2.45, 2.75) is 52.2 Å². The molecule has 0 saturated carbocycles. The maximum absolute atomic E-state index is 11.3. The molecule has 0 bridgehead atoms. The van der Waals surface area contributed by atoms with Gasteiger partial charge in [-0.25, -0.2) is 0 Å². The number of likely N-dealkylation sites (tertiary alicyclic amines) is 1. The van der Waals surface area contributed by atoms with Crippen LogP contribution in [0.15, 0.2) is 0 Å². The van der Waals surface area contributed by atoms with Crippen LogP contribution >= 0.6 is 11.6 Å². The topological polar surface area (TPSA) is 58.4 Å². The van der Waals surface area contributed by atoms with E-state index in [4.69, 9.17) is 11.6 Å². The molecule has 0 radical (unpaired) electrons. The van der Waals surface area contributed by atoms with Gasteiger partial charge in [-0.15, -0.1) is 0 Å². The quantitative estimate of drug-likeness (QED) is 0.922. The van der Waals surface area contributed by atoms with Gasteiger partial charge in [0.25, 0.3) is 0 Å². The van der Waals surface area contributed by atoms with Gasteiger partial charge in [0.2, 0.25) is 0 Å². The summed E-state index contributed by atoms with van der Waals surface area (Å²) in [6, 6.07) is -0.398. The summed E-state index contributed by atoms with van der Waals surface area (Å²) in [5.74, 6) is -0.741. The van der Waals surface area contributed by atoms with Gasteiger partial charge in [-0.1, -0.05) is 18.0 Å². The van der Waals surface area contributed by atoms with Crippen LogP contribution in [-0.4, -0.2) is 38.3 Å². The Labute approximate surface area is 118 Å². The molecule has 5 nitrogen and oxygen atoms in total. The van der Waals surface area contributed by atoms with E-state index in [-0.39, 0.29) is 0 Å². The van der Waals surface area contributed by atoms with Crippen LogP contribution in [0.1, 0.15) is 37.6 Å². The molecule has 19 heavy (non-hydrogen) atoms. The highest BCUT2D eigenvalue weighted by atomic mass is 35.5. The number of aliphatic carboxylic acids is 1. The van der Waals surface area contributed by atoms with Crippen molar-refractivity contribution >= 4 is 17.6 Å². The number of carboxylic acid groups (broad SMARTS) is 1. The van der Waals surface area contributed by atoms with Crippen molar-refractivity contribution in [1.82, 2.24) is 14.7 Å². The summed E-state index contributed by atoms with van der Waals surface area (Å²) in [7, 11) is 0. The standard InChI is InChI=1S/C13H20ClN3O2/c1-3-17-11(12(14)9(2)15-17)8-16-7-5-4-6-10(16)13(18)19/h10H,3-8H2,1-2H3,(H,18,19). The minimum atomic E-state index is -0.741. The third kappa shape index (κ3) is 2.92. The molecular weight excluding hydrogens is 266 g/mol. The predicted molar refractivity (Wildman–Crippen MR) is 73.3 cm³/mol. The smallest absolute Gasteiger partial charge is 0.320 e. The molecule has 1 saturated heterocycles. The summed E-state index contributed by atoms with van der Waals surface area (Å²) in [4.78, 5) is 13.3. The van der Waals surface area contributed by atoms with Crippen molar-refractivity contribution in [3.63, 3.8) is 0 Å². The zero-order chi connectivity index (χ0) is 14.0. The molecule has 106 valence electrons. The third-order valence-corrected chi connectivity index (χ3v) is 4.20. The van der Waals surface area contributed by atoms with Crippen molar-refractivity contribution < 1.29 is 9.90 Å². The van der Waals surface area contributed by atoms with Crippen LogP contribution in [0.25, 0.3) is 0 Å². The molecule has 6 heteroatoms. The molecule has 1 aromatic heterocycles. The number of aryl methyl sites for hydroxylation is 2. The lowest BCUT2D eigenvalue weighted by molar-refractivity contribution is -0.144. The summed E-state index contributed by atoms with van der Waals surface area (Å²) in [6.45, 7) is 6.00. The number of hydrogen-bond donors (Lipinski definition) is 1. The number of aromatic nitrogens is 2. The summed E-state index contributed by atoms with van der Waals surface area (Å²) in [5.41, 5.74) is 1.73. The van der Waals surface area contributed by atoms with Crippen molar-refractivity contribution in [3.8, 4) is 0 Å². The first-order valence-corrected chi connectivity index (χ1v) is 7.11. The first-order valence-electron chi connectivity index (χ1n) is 6.73. The van der Waals surface area contributed by atoms with Crippen molar-refractivity contribution in [2.24, 2.45) is 0 Å². The van der Waals surface area contributed by atoms with Gasteiger partial charge in [0, 0.05) is 13.1 Å². The van der Waals surface area contributed by atoms with Gasteiger partial charge < -0.3 is 5.11 Å². The van der Waals surface area contributed by atoms with Crippen LogP contribution in [0.4, 0.5) is 0 Å². The van der Waals surface area contributed by atoms with Crippen LogP contribution in [0.2, 0.25) is 5.02 Å². The second kappa shape index (κ2) is 5.92. The number of rotatable bonds is 4. The maximum atomic E-state index is 11.3. The molecule has 1 N–H and O–H groups in total. The van der Waals surface area contributed by atoms with Crippen molar-refractivity contribution in [1.29, 1.82) is 0 Å². The van der Waals surface area contributed by atoms with Crippen LogP contribution in [0.5, 0.6) is 0 Å². The molecule has 1 aromatic rings. The highest BCUT2D eigenvalue weighted by molar-refractivity contribution is 6.31. The molecule has 0 spiro atoms. The van der Waals surface area contributed by atoms with Gasteiger partial charge in [0.15, 0.2) is 0 Å². The highest BCUT2D eigenvalue weighted by Crippen LogP contribution is 2.25. The number of piperidine rings is 1. The molecule has 0 aromatic carbocycles. The van der Waals surface area contributed by atoms with E-state index in [2.05, 4.69) is 5.10 Å². The zero-order valence-electron chi connectivity index (χ0n) is 11.4. The number of hydrogen-bond acceptors (Lipinski definition) is 3. The molecule has 1 unspecified atom stereocenters. The lowest BCUT2D eigenvalue weighted by Crippen LogP contribution is -2.44. The Bertz CT molecular complexity index is 473. The summed E-state index contributed by atoms with van der Waals surface area (Å²) in [6.07, 6.45) is 2.74. The summed E-state index contributed by atoms with van der Waals surface area (Å²) in [5, 5.41) is 14.3. The molecule has 0 amide bonds. The van der Waals surface area contributed by atoms with Crippen LogP contribution in [-0.2, 0) is 17.9 Å². The van der Waals surface area contributed by atoms with Crippen molar-refractivity contribution in [2.75, 3.05) is 6.54 Å². The molecule has 2 rings (SSSR count). The Morgan fingerprint density at radius 2 is 2.26 bits per heavy atom. The Balaban J connectivity index is 2.21. The fraction of sp³-hybridized carbons (Fsp3) is 0.692. The molecule has 2 heterocycles. The Morgan fingerprint density at radius 1 is 1.53 bits per heavy atom. The van der Waals surface area contributed by atoms with E-state index in [0.29, 0.717) is 18.0 Å². The van der Waals surface area contributed by atoms with E-state index in [1.54, 1.807) is 0 Å². The number of carboxylic acids is 1. The largest absolute Gasteiger partial charge is 0.480 e. The lowest BCUT2D eigenvalue weighted by atomic mass is 10.0. The summed E-state index contributed by atoms with van der Waals surface area (Å²) >= 11 is 6.28. The first kappa shape index (κ1) is 14.3. The van der Waals surface area contributed by atoms with E-state index in [1.807, 2.05) is 23.4 Å². The van der Waals surface area contributed by atoms with Gasteiger partial charge in [-0.3, -0.25) is 14.4 Å². The third-order valence-electron chi connectivity index (χ3n) is 3.70. The molecule has 0 aliphatic carbocycles. The van der Waals surface area contributed by atoms with E-state index < -0.39 is 12.0 Å². The number of carbonyl (C=O) groups is 1. The Kier molecular flexibility index (Phi) is 4.47. The van der Waals surface area contributed by atoms with E-state index in [1.165, 1.54) is 0 Å². The fourth-order valence-electron chi connectivity index (χ4n) is 2.67. The monoisotopic (exact) mass is 285 g/mol. The van der Waals surface area contributed by atoms with Crippen LogP contribution in [0, 0.1) is 6.92 Å². The van der Waals surface area contributed by atoms with Gasteiger partial charge in [-0.2, -0.15) is 5.10 Å². The zero-order valence-corrected chi connectivity index (χ0v) is 12.2. The van der Waals surface area contributed by atoms with E-state index in [9.17, 15) is 9.90 Å². The van der Waals surface area contributed by atoms with E-state index in [0.717, 1.165) is 37.3 Å². The number of nitrogens with zero attached hydrogens (tertiary/aromatic N) is 3. The second-order valence-corrected chi connectivity index (χ2v) is 5.36. The SMILES string of the molecule is CCn1nc(C)c(Cl)c1CN1CCCCC1C(=O)O. The fourth-order valence-corrected chi connectivity index (χ4v) is 2.87. The first-order chi connectivity index (χ1) is 9.04. The highest BCUT2D eigenvalue weighted by Gasteiger charge is 2.29. The lowest BCUT2D eigenvalue weighted by Gasteiger charge is -2.32. The van der Waals surface area contributed by atoms with Crippen LogP contribution < -0.4 is 0 Å². The number of halogens is 1. The van der Waals surface area contributed by atoms with Crippen molar-refractivity contribution in [3.05, 3.63) is 16.4 Å². The van der Waals surface area contributed by atoms with Crippen LogP contribution in [0.3, 0.4) is 0 Å². The molecular formula is C13H20ClN3O2. The molecule has 1 atom stereocenters. The Hall–Kier alpha value is -1.07. The predicted octanol–water partition coefficient (Wildman–Crippen LogP) is 2.30. The van der Waals surface area contributed by atoms with Gasteiger partial charge in [0.1, 0.15) is 6.04 Å². The molecule has 1 aliphatic heterocycles. The Morgan fingerprint density at radius 3 is 2.89 bits per heavy atom. The van der Waals surface area contributed by atoms with Gasteiger partial charge >= 0.3 is 5.97 Å². The van der Waals surface area contributed by atoms with Gasteiger partial charge in [-0.05, 0) is 33.2 Å². The minimum Gasteiger partial charge on any atom is -0.480 e. The second-order valence-electron chi connectivity index (χ2n) is 4.98. The van der Waals surface area contributed by atoms with E-state index >= 15 is 0 Å². The average molecular weight is 286 g/mol. The average Bonchev–Trinajstić information content (AvgIpc) is 2.67. The van der Waals surface area contributed by atoms with Gasteiger partial charge in [0.05, 0.1) is 16.4 Å².